The van der Waals surface area contributed by atoms with Crippen LogP contribution in [0.1, 0.15) is 22.2 Å². The molecule has 1 N–H and O–H groups in total. The summed E-state index contributed by atoms with van der Waals surface area (Å²) < 4.78 is 7.25. The maximum Gasteiger partial charge on any atom is 0.255 e. The average Bonchev–Trinajstić information content (AvgIpc) is 3.23. The highest BCUT2D eigenvalue weighted by molar-refractivity contribution is 7.13. The van der Waals surface area contributed by atoms with Crippen molar-refractivity contribution >= 4 is 28.2 Å². The first-order chi connectivity index (χ1) is 13.6. The first-order valence-electron chi connectivity index (χ1n) is 8.68. The third-order valence-electron chi connectivity index (χ3n) is 4.38. The molecule has 0 radical (unpaired) electrons. The highest BCUT2D eigenvalue weighted by Crippen LogP contribution is 2.24. The molecule has 28 heavy (non-hydrogen) atoms. The summed E-state index contributed by atoms with van der Waals surface area (Å²) in [6, 6.07) is 8.54. The maximum atomic E-state index is 12.8. The van der Waals surface area contributed by atoms with Crippen LogP contribution in [-0.2, 0) is 11.8 Å². The van der Waals surface area contributed by atoms with E-state index in [2.05, 4.69) is 20.5 Å². The van der Waals surface area contributed by atoms with Crippen molar-refractivity contribution in [1.29, 1.82) is 0 Å². The number of nitrogens with one attached hydrogen (secondary N) is 1. The number of aryl methyl sites for hydroxylation is 1. The minimum atomic E-state index is -0.332. The van der Waals surface area contributed by atoms with E-state index in [9.17, 15) is 9.59 Å². The molecule has 0 spiro atoms. The molecule has 1 amide bonds. The molecule has 1 aliphatic heterocycles. The lowest BCUT2D eigenvalue weighted by atomic mass is 10.1. The summed E-state index contributed by atoms with van der Waals surface area (Å²) in [6.07, 6.45) is 1.22. The number of rotatable bonds is 4. The number of pyridine rings is 2. The lowest BCUT2D eigenvalue weighted by Gasteiger charge is -2.32. The molecule has 4 rings (SSSR count). The van der Waals surface area contributed by atoms with Crippen LogP contribution in [0.3, 0.4) is 0 Å². The molecule has 1 saturated heterocycles. The molecule has 0 aliphatic carbocycles. The van der Waals surface area contributed by atoms with E-state index in [-0.39, 0.29) is 17.6 Å². The highest BCUT2D eigenvalue weighted by atomic mass is 32.1. The average molecular weight is 398 g/mol. The second-order valence-electron chi connectivity index (χ2n) is 6.29. The second-order valence-corrected chi connectivity index (χ2v) is 7.13. The standard InChI is InChI=1S/C18H18N6O3S/c1-23-9-12(5-6-16(23)25)17(26)24-7-8-27-14(10-24)13-3-2-4-15(20-13)21-18-22-19-11-28-18/h2-6,9,11,14H,7-8,10H2,1H3,(H,20,21,22)/t14-/m0/s1. The Balaban J connectivity index is 1.49. The molecular formula is C18H18N6O3S. The van der Waals surface area contributed by atoms with Crippen molar-refractivity contribution in [2.45, 2.75) is 6.10 Å². The van der Waals surface area contributed by atoms with Crippen LogP contribution in [0.5, 0.6) is 0 Å². The fourth-order valence-corrected chi connectivity index (χ4v) is 3.41. The summed E-state index contributed by atoms with van der Waals surface area (Å²) in [5.74, 6) is 0.506. The zero-order valence-corrected chi connectivity index (χ0v) is 15.9. The summed E-state index contributed by atoms with van der Waals surface area (Å²) >= 11 is 1.38. The molecule has 9 nitrogen and oxygen atoms in total. The van der Waals surface area contributed by atoms with Gasteiger partial charge in [0.15, 0.2) is 0 Å². The molecule has 0 unspecified atom stereocenters. The molecule has 1 fully saturated rings. The van der Waals surface area contributed by atoms with Gasteiger partial charge in [-0.15, -0.1) is 10.2 Å². The van der Waals surface area contributed by atoms with Crippen LogP contribution in [0.4, 0.5) is 10.9 Å². The lowest BCUT2D eigenvalue weighted by Crippen LogP contribution is -2.42. The molecule has 0 bridgehead atoms. The second kappa shape index (κ2) is 7.87. The Morgan fingerprint density at radius 2 is 2.21 bits per heavy atom. The summed E-state index contributed by atoms with van der Waals surface area (Å²) in [5.41, 5.74) is 2.69. The minimum Gasteiger partial charge on any atom is -0.368 e. The molecule has 0 aromatic carbocycles. The van der Waals surface area contributed by atoms with Gasteiger partial charge >= 0.3 is 0 Å². The Hall–Kier alpha value is -3.11. The van der Waals surface area contributed by atoms with E-state index >= 15 is 0 Å². The molecule has 3 aromatic heterocycles. The van der Waals surface area contributed by atoms with Crippen molar-refractivity contribution in [1.82, 2.24) is 24.6 Å². The topological polar surface area (TPSA) is 102 Å². The molecular weight excluding hydrogens is 380 g/mol. The van der Waals surface area contributed by atoms with Gasteiger partial charge in [0.2, 0.25) is 10.7 Å². The zero-order chi connectivity index (χ0) is 19.5. The number of amides is 1. The van der Waals surface area contributed by atoms with E-state index in [0.29, 0.717) is 36.2 Å². The van der Waals surface area contributed by atoms with E-state index < -0.39 is 0 Å². The lowest BCUT2D eigenvalue weighted by molar-refractivity contribution is -0.0246. The van der Waals surface area contributed by atoms with E-state index in [1.165, 1.54) is 22.0 Å². The van der Waals surface area contributed by atoms with Crippen molar-refractivity contribution in [3.63, 3.8) is 0 Å². The van der Waals surface area contributed by atoms with Gasteiger partial charge in [-0.2, -0.15) is 0 Å². The Bertz CT molecular complexity index is 1040. The van der Waals surface area contributed by atoms with Gasteiger partial charge < -0.3 is 19.5 Å². The number of anilines is 2. The van der Waals surface area contributed by atoms with Gasteiger partial charge in [0, 0.05) is 25.9 Å². The van der Waals surface area contributed by atoms with Crippen LogP contribution >= 0.6 is 11.3 Å². The van der Waals surface area contributed by atoms with Crippen LogP contribution in [0.2, 0.25) is 0 Å². The molecule has 1 aliphatic rings. The summed E-state index contributed by atoms with van der Waals surface area (Å²) in [5, 5.41) is 11.5. The van der Waals surface area contributed by atoms with Gasteiger partial charge in [-0.3, -0.25) is 9.59 Å². The van der Waals surface area contributed by atoms with Crippen molar-refractivity contribution in [3.05, 3.63) is 63.7 Å². The number of morpholine rings is 1. The predicted octanol–water partition coefficient (Wildman–Crippen LogP) is 1.59. The smallest absolute Gasteiger partial charge is 0.255 e. The third kappa shape index (κ3) is 3.92. The van der Waals surface area contributed by atoms with Gasteiger partial charge in [-0.25, -0.2) is 4.98 Å². The quantitative estimate of drug-likeness (QED) is 0.712. The fraction of sp³-hybridized carbons (Fsp3) is 0.278. The number of hydrogen-bond donors (Lipinski definition) is 1. The third-order valence-corrected chi connectivity index (χ3v) is 4.99. The maximum absolute atomic E-state index is 12.8. The van der Waals surface area contributed by atoms with Crippen LogP contribution in [0, 0.1) is 0 Å². The molecule has 4 heterocycles. The van der Waals surface area contributed by atoms with E-state index in [4.69, 9.17) is 4.74 Å². The first-order valence-corrected chi connectivity index (χ1v) is 9.56. The number of carbonyl (C=O) groups excluding carboxylic acids is 1. The van der Waals surface area contributed by atoms with Crippen molar-refractivity contribution in [3.8, 4) is 0 Å². The molecule has 10 heteroatoms. The van der Waals surface area contributed by atoms with Crippen LogP contribution in [-0.4, -0.2) is 50.3 Å². The molecule has 0 saturated carbocycles. The van der Waals surface area contributed by atoms with Gasteiger partial charge in [-0.05, 0) is 18.2 Å². The van der Waals surface area contributed by atoms with E-state index in [0.717, 1.165) is 5.69 Å². The minimum absolute atomic E-state index is 0.132. The van der Waals surface area contributed by atoms with Crippen molar-refractivity contribution in [2.24, 2.45) is 7.05 Å². The fourth-order valence-electron chi connectivity index (χ4n) is 2.95. The van der Waals surface area contributed by atoms with Crippen molar-refractivity contribution in [2.75, 3.05) is 25.0 Å². The molecule has 144 valence electrons. The number of carbonyl (C=O) groups is 1. The highest BCUT2D eigenvalue weighted by Gasteiger charge is 2.27. The Morgan fingerprint density at radius 3 is 3.00 bits per heavy atom. The number of nitrogens with zero attached hydrogens (tertiary/aromatic N) is 5. The van der Waals surface area contributed by atoms with Gasteiger partial charge in [0.05, 0.1) is 24.4 Å². The number of aromatic nitrogens is 4. The van der Waals surface area contributed by atoms with E-state index in [1.54, 1.807) is 29.7 Å². The van der Waals surface area contributed by atoms with Crippen LogP contribution < -0.4 is 10.9 Å². The normalized spacial score (nSPS) is 16.8. The Kier molecular flexibility index (Phi) is 5.13. The number of ether oxygens (including phenoxy) is 1. The Labute approximate surface area is 164 Å². The predicted molar refractivity (Wildman–Crippen MR) is 104 cm³/mol. The van der Waals surface area contributed by atoms with Gasteiger partial charge in [0.25, 0.3) is 5.91 Å². The largest absolute Gasteiger partial charge is 0.368 e. The SMILES string of the molecule is Cn1cc(C(=O)N2CCO[C@H](c3cccc(Nc4nncs4)n3)C2)ccc1=O. The monoisotopic (exact) mass is 398 g/mol. The van der Waals surface area contributed by atoms with Crippen molar-refractivity contribution < 1.29 is 9.53 Å². The zero-order valence-electron chi connectivity index (χ0n) is 15.1. The molecule has 3 aromatic rings. The first kappa shape index (κ1) is 18.3. The van der Waals surface area contributed by atoms with Crippen LogP contribution in [0.15, 0.2) is 46.8 Å². The van der Waals surface area contributed by atoms with Gasteiger partial charge in [-0.1, -0.05) is 17.4 Å². The number of hydrogen-bond acceptors (Lipinski definition) is 8. The Morgan fingerprint density at radius 1 is 1.32 bits per heavy atom. The summed E-state index contributed by atoms with van der Waals surface area (Å²) in [7, 11) is 1.63. The summed E-state index contributed by atoms with van der Waals surface area (Å²) in [6.45, 7) is 1.29. The summed E-state index contributed by atoms with van der Waals surface area (Å²) in [4.78, 5) is 30.7. The van der Waals surface area contributed by atoms with Crippen LogP contribution in [0.25, 0.3) is 0 Å². The molecule has 1 atom stereocenters. The van der Waals surface area contributed by atoms with E-state index in [1.807, 2.05) is 18.2 Å². The van der Waals surface area contributed by atoms with Gasteiger partial charge in [0.1, 0.15) is 17.4 Å².